The van der Waals surface area contributed by atoms with Gasteiger partial charge in [0, 0.05) is 5.69 Å². The first-order chi connectivity index (χ1) is 10.2. The summed E-state index contributed by atoms with van der Waals surface area (Å²) in [4.78, 5) is 14.7. The monoisotopic (exact) mass is 283 g/mol. The molecule has 0 amide bonds. The number of fused-ring (bicyclic) bond motifs is 1. The Bertz CT molecular complexity index is 713. The average Bonchev–Trinajstić information content (AvgIpc) is 3.09. The predicted molar refractivity (Wildman–Crippen MR) is 81.3 cm³/mol. The minimum absolute atomic E-state index is 0.329. The van der Waals surface area contributed by atoms with Gasteiger partial charge in [-0.1, -0.05) is 12.1 Å². The number of methoxy groups -OCH3 is 2. The van der Waals surface area contributed by atoms with Crippen LogP contribution in [-0.4, -0.2) is 25.2 Å². The number of carbonyl (C=O) groups excluding carboxylic acids is 1. The summed E-state index contributed by atoms with van der Waals surface area (Å²) in [5.41, 5.74) is 5.02. The van der Waals surface area contributed by atoms with E-state index in [0.29, 0.717) is 5.69 Å². The minimum atomic E-state index is -0.329. The van der Waals surface area contributed by atoms with Crippen LogP contribution in [0.4, 0.5) is 0 Å². The van der Waals surface area contributed by atoms with E-state index in [2.05, 4.69) is 11.1 Å². The fraction of sp³-hybridized carbons (Fsp3) is 0.235. The van der Waals surface area contributed by atoms with E-state index in [1.54, 1.807) is 7.11 Å². The van der Waals surface area contributed by atoms with Crippen molar-refractivity contribution in [1.29, 1.82) is 0 Å². The van der Waals surface area contributed by atoms with Gasteiger partial charge in [-0.25, -0.2) is 4.79 Å². The number of rotatable bonds is 3. The number of aryl methyl sites for hydroxylation is 1. The van der Waals surface area contributed by atoms with Crippen LogP contribution in [0, 0.1) is 0 Å². The SMILES string of the molecule is COC(=O)c1cc2c([nH]1)C(=Cc1cccc(OC)c1)CC2. The first kappa shape index (κ1) is 13.5. The summed E-state index contributed by atoms with van der Waals surface area (Å²) in [5, 5.41) is 0. The number of aromatic nitrogens is 1. The first-order valence-corrected chi connectivity index (χ1v) is 6.86. The molecular formula is C17H17NO3. The van der Waals surface area contributed by atoms with Crippen molar-refractivity contribution in [1.82, 2.24) is 4.98 Å². The van der Waals surface area contributed by atoms with Crippen molar-refractivity contribution in [3.05, 3.63) is 52.8 Å². The second-order valence-electron chi connectivity index (χ2n) is 5.02. The van der Waals surface area contributed by atoms with Gasteiger partial charge < -0.3 is 14.5 Å². The molecule has 0 radical (unpaired) electrons. The molecule has 0 fully saturated rings. The zero-order valence-electron chi connectivity index (χ0n) is 12.1. The van der Waals surface area contributed by atoms with Gasteiger partial charge >= 0.3 is 5.97 Å². The van der Waals surface area contributed by atoms with Crippen LogP contribution in [0.25, 0.3) is 11.6 Å². The zero-order chi connectivity index (χ0) is 14.8. The number of hydrogen-bond acceptors (Lipinski definition) is 3. The van der Waals surface area contributed by atoms with Crippen LogP contribution in [0.2, 0.25) is 0 Å². The fourth-order valence-corrected chi connectivity index (χ4v) is 2.67. The van der Waals surface area contributed by atoms with Gasteiger partial charge in [-0.05, 0) is 53.8 Å². The van der Waals surface area contributed by atoms with Crippen LogP contribution >= 0.6 is 0 Å². The van der Waals surface area contributed by atoms with Gasteiger partial charge in [0.1, 0.15) is 11.4 Å². The lowest BCUT2D eigenvalue weighted by Crippen LogP contribution is -2.01. The molecule has 4 nitrogen and oxygen atoms in total. The Kier molecular flexibility index (Phi) is 3.52. The maximum absolute atomic E-state index is 11.6. The highest BCUT2D eigenvalue weighted by Crippen LogP contribution is 2.34. The highest BCUT2D eigenvalue weighted by molar-refractivity contribution is 5.91. The summed E-state index contributed by atoms with van der Waals surface area (Å²) in [6, 6.07) is 9.81. The van der Waals surface area contributed by atoms with E-state index in [4.69, 9.17) is 9.47 Å². The molecule has 1 heterocycles. The van der Waals surface area contributed by atoms with E-state index in [-0.39, 0.29) is 5.97 Å². The Morgan fingerprint density at radius 3 is 2.86 bits per heavy atom. The van der Waals surface area contributed by atoms with E-state index >= 15 is 0 Å². The van der Waals surface area contributed by atoms with Gasteiger partial charge in [0.2, 0.25) is 0 Å². The van der Waals surface area contributed by atoms with E-state index in [0.717, 1.165) is 29.8 Å². The third kappa shape index (κ3) is 2.57. The van der Waals surface area contributed by atoms with Crippen molar-refractivity contribution in [3.8, 4) is 5.75 Å². The van der Waals surface area contributed by atoms with Crippen molar-refractivity contribution in [2.24, 2.45) is 0 Å². The summed E-state index contributed by atoms with van der Waals surface area (Å²) in [6.07, 6.45) is 4.05. The van der Waals surface area contributed by atoms with Gasteiger partial charge in [0.25, 0.3) is 0 Å². The van der Waals surface area contributed by atoms with Gasteiger partial charge in [0.05, 0.1) is 14.2 Å². The number of nitrogens with one attached hydrogen (secondary N) is 1. The molecule has 1 N–H and O–H groups in total. The predicted octanol–water partition coefficient (Wildman–Crippen LogP) is 3.30. The van der Waals surface area contributed by atoms with Crippen LogP contribution < -0.4 is 4.74 Å². The number of esters is 1. The number of aromatic amines is 1. The lowest BCUT2D eigenvalue weighted by molar-refractivity contribution is 0.0594. The quantitative estimate of drug-likeness (QED) is 0.879. The molecule has 21 heavy (non-hydrogen) atoms. The van der Waals surface area contributed by atoms with Crippen molar-refractivity contribution >= 4 is 17.6 Å². The standard InChI is InChI=1S/C17H17NO3/c1-20-14-5-3-4-11(9-14)8-12-6-7-13-10-15(17(19)21-2)18-16(12)13/h3-5,8-10,18H,6-7H2,1-2H3. The molecule has 0 aliphatic heterocycles. The second-order valence-corrected chi connectivity index (χ2v) is 5.02. The van der Waals surface area contributed by atoms with Crippen molar-refractivity contribution in [2.45, 2.75) is 12.8 Å². The van der Waals surface area contributed by atoms with Crippen LogP contribution in [0.3, 0.4) is 0 Å². The van der Waals surface area contributed by atoms with Gasteiger partial charge in [-0.2, -0.15) is 0 Å². The second kappa shape index (κ2) is 5.48. The number of H-pyrrole nitrogens is 1. The first-order valence-electron chi connectivity index (χ1n) is 6.86. The highest BCUT2D eigenvalue weighted by atomic mass is 16.5. The van der Waals surface area contributed by atoms with Crippen LogP contribution in [0.1, 0.15) is 33.7 Å². The topological polar surface area (TPSA) is 51.3 Å². The Morgan fingerprint density at radius 1 is 1.24 bits per heavy atom. The Hall–Kier alpha value is -2.49. The summed E-state index contributed by atoms with van der Waals surface area (Å²) < 4.78 is 9.99. The van der Waals surface area contributed by atoms with E-state index in [1.165, 1.54) is 18.2 Å². The molecule has 0 spiro atoms. The summed E-state index contributed by atoms with van der Waals surface area (Å²) in [6.45, 7) is 0. The summed E-state index contributed by atoms with van der Waals surface area (Å²) >= 11 is 0. The lowest BCUT2D eigenvalue weighted by Gasteiger charge is -2.03. The average molecular weight is 283 g/mol. The molecule has 0 unspecified atom stereocenters. The molecular weight excluding hydrogens is 266 g/mol. The number of carbonyl (C=O) groups is 1. The van der Waals surface area contributed by atoms with Crippen molar-refractivity contribution < 1.29 is 14.3 Å². The van der Waals surface area contributed by atoms with Crippen LogP contribution in [0.15, 0.2) is 30.3 Å². The number of benzene rings is 1. The Morgan fingerprint density at radius 2 is 2.10 bits per heavy atom. The largest absolute Gasteiger partial charge is 0.497 e. The molecule has 0 saturated heterocycles. The van der Waals surface area contributed by atoms with Crippen molar-refractivity contribution in [2.75, 3.05) is 14.2 Å². The van der Waals surface area contributed by atoms with Gasteiger partial charge in [-0.15, -0.1) is 0 Å². The highest BCUT2D eigenvalue weighted by Gasteiger charge is 2.21. The van der Waals surface area contributed by atoms with Crippen LogP contribution in [0.5, 0.6) is 5.75 Å². The Balaban J connectivity index is 1.94. The van der Waals surface area contributed by atoms with Gasteiger partial charge in [0.15, 0.2) is 0 Å². The van der Waals surface area contributed by atoms with Crippen molar-refractivity contribution in [3.63, 3.8) is 0 Å². The molecule has 0 atom stereocenters. The van der Waals surface area contributed by atoms with Gasteiger partial charge in [-0.3, -0.25) is 0 Å². The molecule has 0 saturated carbocycles. The molecule has 2 aromatic rings. The number of hydrogen-bond donors (Lipinski definition) is 1. The maximum Gasteiger partial charge on any atom is 0.354 e. The summed E-state index contributed by atoms with van der Waals surface area (Å²) in [7, 11) is 3.05. The third-order valence-corrected chi connectivity index (χ3v) is 3.72. The molecule has 1 aliphatic rings. The van der Waals surface area contributed by atoms with Crippen LogP contribution in [-0.2, 0) is 11.2 Å². The van der Waals surface area contributed by atoms with E-state index in [1.807, 2.05) is 30.3 Å². The number of allylic oxidation sites excluding steroid dienone is 1. The molecule has 1 aliphatic carbocycles. The molecule has 0 bridgehead atoms. The molecule has 4 heteroatoms. The molecule has 1 aromatic heterocycles. The maximum atomic E-state index is 11.6. The van der Waals surface area contributed by atoms with E-state index < -0.39 is 0 Å². The third-order valence-electron chi connectivity index (χ3n) is 3.72. The smallest absolute Gasteiger partial charge is 0.354 e. The normalized spacial score (nSPS) is 15.0. The number of ether oxygens (including phenoxy) is 2. The lowest BCUT2D eigenvalue weighted by atomic mass is 10.1. The fourth-order valence-electron chi connectivity index (χ4n) is 2.67. The minimum Gasteiger partial charge on any atom is -0.497 e. The molecule has 3 rings (SSSR count). The Labute approximate surface area is 123 Å². The molecule has 1 aromatic carbocycles. The van der Waals surface area contributed by atoms with E-state index in [9.17, 15) is 4.79 Å². The molecule has 108 valence electrons. The zero-order valence-corrected chi connectivity index (χ0v) is 12.1. The summed E-state index contributed by atoms with van der Waals surface area (Å²) in [5.74, 6) is 0.509.